The molecule has 0 radical (unpaired) electrons. The first kappa shape index (κ1) is 37.2. The Hall–Kier alpha value is -3.58. The topological polar surface area (TPSA) is 113 Å². The maximum absolute atomic E-state index is 14.3. The van der Waals surface area contributed by atoms with Crippen LogP contribution in [0.25, 0.3) is 0 Å². The molecule has 4 rings (SSSR count). The van der Waals surface area contributed by atoms with Gasteiger partial charge in [-0.3, -0.25) is 9.69 Å². The Bertz CT molecular complexity index is 1410. The van der Waals surface area contributed by atoms with Crippen molar-refractivity contribution in [3.05, 3.63) is 35.9 Å². The van der Waals surface area contributed by atoms with Gasteiger partial charge in [0.25, 0.3) is 11.8 Å². The molecule has 1 unspecified atom stereocenters. The van der Waals surface area contributed by atoms with Gasteiger partial charge < -0.3 is 28.9 Å². The van der Waals surface area contributed by atoms with E-state index in [4.69, 9.17) is 14.2 Å². The molecule has 2 fully saturated rings. The number of hydrogen-bond donors (Lipinski definition) is 0. The number of methoxy groups -OCH3 is 1. The Labute approximate surface area is 284 Å². The summed E-state index contributed by atoms with van der Waals surface area (Å²) in [6.07, 6.45) is 2.67. The van der Waals surface area contributed by atoms with Crippen molar-refractivity contribution >= 4 is 17.8 Å². The summed E-state index contributed by atoms with van der Waals surface area (Å²) in [6.45, 7) is 20.1. The number of benzene rings is 1. The fourth-order valence-corrected chi connectivity index (χ4v) is 6.80. The molecule has 0 saturated carbocycles. The van der Waals surface area contributed by atoms with Crippen molar-refractivity contribution in [1.82, 2.24) is 29.9 Å². The van der Waals surface area contributed by atoms with Crippen molar-refractivity contribution in [3.8, 4) is 11.6 Å². The highest BCUT2D eigenvalue weighted by atomic mass is 19.1. The first-order valence-corrected chi connectivity index (χ1v) is 17.0. The monoisotopic (exact) mass is 671 g/mol. The van der Waals surface area contributed by atoms with E-state index in [1.165, 1.54) is 24.5 Å². The number of anilines is 1. The molecule has 2 aromatic rings. The normalized spacial score (nSPS) is 17.4. The molecular weight excluding hydrogens is 617 g/mol. The summed E-state index contributed by atoms with van der Waals surface area (Å²) < 4.78 is 31.9. The smallest absolute Gasteiger partial charge is 0.410 e. The molecule has 48 heavy (non-hydrogen) atoms. The van der Waals surface area contributed by atoms with Gasteiger partial charge in [0, 0.05) is 70.9 Å². The number of ether oxygens (including phenoxy) is 3. The minimum absolute atomic E-state index is 0.0653. The number of rotatable bonds is 13. The van der Waals surface area contributed by atoms with Crippen LogP contribution < -0.4 is 9.64 Å². The van der Waals surface area contributed by atoms with Gasteiger partial charge in [0.1, 0.15) is 23.5 Å². The number of likely N-dealkylation sites (N-methyl/N-ethyl adjacent to an activating group) is 1. The number of aromatic nitrogens is 3. The largest absolute Gasteiger partial charge is 0.444 e. The number of carbonyl (C=O) groups excluding carboxylic acids is 2. The first-order chi connectivity index (χ1) is 22.6. The predicted octanol–water partition coefficient (Wildman–Crippen LogP) is 5.48. The van der Waals surface area contributed by atoms with Crippen LogP contribution in [0.1, 0.15) is 78.6 Å². The van der Waals surface area contributed by atoms with Gasteiger partial charge >= 0.3 is 6.09 Å². The van der Waals surface area contributed by atoms with E-state index in [-0.39, 0.29) is 52.8 Å². The van der Waals surface area contributed by atoms with Crippen LogP contribution >= 0.6 is 0 Å². The highest BCUT2D eigenvalue weighted by Gasteiger charge is 2.50. The minimum atomic E-state index is -0.558. The van der Waals surface area contributed by atoms with Crippen molar-refractivity contribution < 1.29 is 28.2 Å². The molecule has 1 aromatic heterocycles. The Balaban J connectivity index is 1.43. The first-order valence-electron chi connectivity index (χ1n) is 17.0. The summed E-state index contributed by atoms with van der Waals surface area (Å²) in [4.78, 5) is 38.4. The van der Waals surface area contributed by atoms with E-state index in [1.54, 1.807) is 24.0 Å². The molecular formula is C35H54FN7O5. The Morgan fingerprint density at radius 1 is 1.12 bits per heavy atom. The Morgan fingerprint density at radius 2 is 1.83 bits per heavy atom. The summed E-state index contributed by atoms with van der Waals surface area (Å²) in [5.74, 6) is 0.480. The maximum atomic E-state index is 14.3. The van der Waals surface area contributed by atoms with E-state index in [0.717, 1.165) is 39.0 Å². The van der Waals surface area contributed by atoms with Gasteiger partial charge in [-0.1, -0.05) is 13.8 Å². The number of hydrogen-bond acceptors (Lipinski definition) is 10. The van der Waals surface area contributed by atoms with Crippen molar-refractivity contribution in [3.63, 3.8) is 0 Å². The zero-order chi connectivity index (χ0) is 35.4. The Kier molecular flexibility index (Phi) is 11.9. The zero-order valence-corrected chi connectivity index (χ0v) is 30.3. The summed E-state index contributed by atoms with van der Waals surface area (Å²) in [6, 6.07) is 4.14. The van der Waals surface area contributed by atoms with Crippen LogP contribution in [0.15, 0.2) is 24.5 Å². The van der Waals surface area contributed by atoms with Crippen molar-refractivity contribution in [2.24, 2.45) is 11.3 Å². The summed E-state index contributed by atoms with van der Waals surface area (Å²) >= 11 is 0. The lowest BCUT2D eigenvalue weighted by atomic mass is 9.76. The van der Waals surface area contributed by atoms with Gasteiger partial charge in [-0.15, -0.1) is 10.2 Å². The summed E-state index contributed by atoms with van der Waals surface area (Å²) in [7, 11) is 3.44. The third-order valence-electron chi connectivity index (χ3n) is 9.25. The molecule has 13 heteroatoms. The van der Waals surface area contributed by atoms with E-state index in [2.05, 4.69) is 38.8 Å². The summed E-state index contributed by atoms with van der Waals surface area (Å²) in [5, 5.41) is 8.20. The van der Waals surface area contributed by atoms with Crippen LogP contribution in [-0.2, 0) is 9.47 Å². The van der Waals surface area contributed by atoms with E-state index in [0.29, 0.717) is 24.8 Å². The van der Waals surface area contributed by atoms with Gasteiger partial charge in [-0.25, -0.2) is 14.2 Å². The number of carbonyl (C=O) groups is 2. The van der Waals surface area contributed by atoms with Gasteiger partial charge in [-0.05, 0) is 78.5 Å². The van der Waals surface area contributed by atoms with Gasteiger partial charge in [0.2, 0.25) is 0 Å². The summed E-state index contributed by atoms with van der Waals surface area (Å²) in [5.41, 5.74) is -0.348. The molecule has 0 N–H and O–H groups in total. The van der Waals surface area contributed by atoms with Crippen LogP contribution in [0.4, 0.5) is 15.0 Å². The standard InChI is InChI=1S/C35H54FN7O5/c1-11-43(24(4)5)32(44)27-16-25(36)12-13-29(27)47-31-30(37-22-38-39-31)41-15-14-35(19-41)20-42(21-35)28(23(2)3)17-26(46-10)18-40(9)33(45)48-34(6,7)8/h12-13,16,22-24,26,28H,11,14-15,17-21H2,1-10H3/t26?,28-/m0/s1. The Morgan fingerprint density at radius 3 is 2.44 bits per heavy atom. The van der Waals surface area contributed by atoms with Crippen LogP contribution in [0.3, 0.4) is 0 Å². The number of nitrogens with zero attached hydrogens (tertiary/aromatic N) is 7. The van der Waals surface area contributed by atoms with Crippen LogP contribution in [0, 0.1) is 17.2 Å². The second-order valence-electron chi connectivity index (χ2n) is 14.9. The molecule has 2 saturated heterocycles. The van der Waals surface area contributed by atoms with E-state index in [1.807, 2.05) is 41.5 Å². The SMILES string of the molecule is CCN(C(=O)c1cc(F)ccc1Oc1nncnc1N1CCC2(C1)CN([C@@H](CC(CN(C)C(=O)OC(C)(C)C)OC)C(C)C)C2)C(C)C. The highest BCUT2D eigenvalue weighted by Crippen LogP contribution is 2.44. The molecule has 3 heterocycles. The second-order valence-corrected chi connectivity index (χ2v) is 14.9. The molecule has 0 bridgehead atoms. The highest BCUT2D eigenvalue weighted by molar-refractivity contribution is 5.97. The molecule has 2 aliphatic heterocycles. The number of halogens is 1. The van der Waals surface area contributed by atoms with Crippen LogP contribution in [0.2, 0.25) is 0 Å². The fourth-order valence-electron chi connectivity index (χ4n) is 6.80. The van der Waals surface area contributed by atoms with Gasteiger partial charge in [0.15, 0.2) is 5.82 Å². The zero-order valence-electron chi connectivity index (χ0n) is 30.3. The molecule has 0 aliphatic carbocycles. The van der Waals surface area contributed by atoms with Crippen molar-refractivity contribution in [1.29, 1.82) is 0 Å². The van der Waals surface area contributed by atoms with Crippen molar-refractivity contribution in [2.45, 2.75) is 92.0 Å². The quantitative estimate of drug-likeness (QED) is 0.271. The fraction of sp³-hybridized carbons (Fsp3) is 0.686. The van der Waals surface area contributed by atoms with Gasteiger partial charge in [0.05, 0.1) is 11.7 Å². The van der Waals surface area contributed by atoms with Crippen molar-refractivity contribution in [2.75, 3.05) is 58.3 Å². The molecule has 2 aliphatic rings. The third-order valence-corrected chi connectivity index (χ3v) is 9.25. The van der Waals surface area contributed by atoms with E-state index >= 15 is 0 Å². The molecule has 12 nitrogen and oxygen atoms in total. The maximum Gasteiger partial charge on any atom is 0.410 e. The lowest BCUT2D eigenvalue weighted by Crippen LogP contribution is -2.62. The van der Waals surface area contributed by atoms with Gasteiger partial charge in [-0.2, -0.15) is 0 Å². The average Bonchev–Trinajstić information content (AvgIpc) is 3.44. The molecule has 266 valence electrons. The second kappa shape index (κ2) is 15.3. The van der Waals surface area contributed by atoms with E-state index < -0.39 is 11.4 Å². The molecule has 2 atom stereocenters. The van der Waals surface area contributed by atoms with E-state index in [9.17, 15) is 14.0 Å². The average molecular weight is 672 g/mol. The lowest BCUT2D eigenvalue weighted by Gasteiger charge is -2.53. The number of likely N-dealkylation sites (tertiary alicyclic amines) is 1. The van der Waals surface area contributed by atoms with Crippen LogP contribution in [-0.4, -0.2) is 119 Å². The van der Waals surface area contributed by atoms with Crippen LogP contribution in [0.5, 0.6) is 11.6 Å². The molecule has 1 spiro atoms. The molecule has 1 aromatic carbocycles. The lowest BCUT2D eigenvalue weighted by molar-refractivity contribution is -0.0543. The minimum Gasteiger partial charge on any atom is -0.444 e. The third kappa shape index (κ3) is 8.90. The predicted molar refractivity (Wildman–Crippen MR) is 182 cm³/mol. The molecule has 2 amide bonds. The number of amides is 2.